The Morgan fingerprint density at radius 2 is 2.00 bits per heavy atom. The van der Waals surface area contributed by atoms with E-state index in [1.54, 1.807) is 0 Å². The summed E-state index contributed by atoms with van der Waals surface area (Å²) in [6.45, 7) is 3.01. The van der Waals surface area contributed by atoms with E-state index >= 15 is 0 Å². The highest BCUT2D eigenvalue weighted by atomic mass is 16.5. The molecule has 0 aromatic heterocycles. The van der Waals surface area contributed by atoms with Crippen LogP contribution in [0.3, 0.4) is 0 Å². The van der Waals surface area contributed by atoms with Crippen molar-refractivity contribution in [2.45, 2.75) is 83.2 Å². The number of hydrogen-bond donors (Lipinski definition) is 0. The Balaban J connectivity index is 1.77. The van der Waals surface area contributed by atoms with Crippen LogP contribution in [0.4, 0.5) is 0 Å². The van der Waals surface area contributed by atoms with Gasteiger partial charge in [-0.3, -0.25) is 4.79 Å². The van der Waals surface area contributed by atoms with Crippen LogP contribution < -0.4 is 0 Å². The number of carbonyl (C=O) groups is 1. The first-order chi connectivity index (χ1) is 8.74. The van der Waals surface area contributed by atoms with E-state index < -0.39 is 0 Å². The van der Waals surface area contributed by atoms with Crippen LogP contribution in [0, 0.1) is 5.92 Å². The summed E-state index contributed by atoms with van der Waals surface area (Å²) in [4.78, 5) is 11.6. The molecular formula is C16H28O2. The second-order valence-electron chi connectivity index (χ2n) is 6.28. The second kappa shape index (κ2) is 6.70. The Hall–Kier alpha value is -0.370. The summed E-state index contributed by atoms with van der Waals surface area (Å²) < 4.78 is 6.11. The monoisotopic (exact) mass is 252 g/mol. The third kappa shape index (κ3) is 3.81. The third-order valence-electron chi connectivity index (χ3n) is 4.72. The first kappa shape index (κ1) is 14.0. The molecule has 1 unspecified atom stereocenters. The summed E-state index contributed by atoms with van der Waals surface area (Å²) in [5.41, 5.74) is 0.203. The van der Waals surface area contributed by atoms with Crippen LogP contribution in [0.25, 0.3) is 0 Å². The molecule has 0 aromatic carbocycles. The molecule has 0 N–H and O–H groups in total. The molecule has 1 aliphatic heterocycles. The number of hydrogen-bond acceptors (Lipinski definition) is 2. The van der Waals surface area contributed by atoms with Crippen molar-refractivity contribution >= 4 is 5.78 Å². The van der Waals surface area contributed by atoms with Crippen LogP contribution >= 0.6 is 0 Å². The molecule has 1 saturated heterocycles. The Morgan fingerprint density at radius 1 is 1.22 bits per heavy atom. The van der Waals surface area contributed by atoms with Gasteiger partial charge in [-0.2, -0.15) is 0 Å². The number of ether oxygens (including phenoxy) is 1. The van der Waals surface area contributed by atoms with Gasteiger partial charge in [-0.1, -0.05) is 26.2 Å². The van der Waals surface area contributed by atoms with Gasteiger partial charge in [-0.05, 0) is 44.4 Å². The molecule has 1 aliphatic carbocycles. The number of carbonyl (C=O) groups excluding carboxylic acids is 1. The lowest BCUT2D eigenvalue weighted by atomic mass is 9.75. The predicted molar refractivity (Wildman–Crippen MR) is 73.6 cm³/mol. The topological polar surface area (TPSA) is 26.3 Å². The summed E-state index contributed by atoms with van der Waals surface area (Å²) in [6, 6.07) is 0. The summed E-state index contributed by atoms with van der Waals surface area (Å²) >= 11 is 0. The SMILES string of the molecule is CCCC(=O)CCC1CCOC2(CCCCC2)C1. The number of Topliss-reactive ketones (excluding diaryl/α,β-unsaturated/α-hetero) is 1. The zero-order chi connectivity index (χ0) is 12.8. The molecule has 2 nitrogen and oxygen atoms in total. The van der Waals surface area contributed by atoms with E-state index in [-0.39, 0.29) is 5.60 Å². The maximum atomic E-state index is 11.6. The van der Waals surface area contributed by atoms with Crippen molar-refractivity contribution in [3.05, 3.63) is 0 Å². The van der Waals surface area contributed by atoms with Gasteiger partial charge in [0.05, 0.1) is 5.60 Å². The molecule has 0 radical (unpaired) electrons. The maximum absolute atomic E-state index is 11.6. The molecule has 0 bridgehead atoms. The summed E-state index contributed by atoms with van der Waals surface area (Å²) in [5.74, 6) is 1.19. The highest BCUT2D eigenvalue weighted by Crippen LogP contribution is 2.41. The van der Waals surface area contributed by atoms with Gasteiger partial charge in [0.25, 0.3) is 0 Å². The molecule has 2 rings (SSSR count). The van der Waals surface area contributed by atoms with Crippen LogP contribution in [-0.2, 0) is 9.53 Å². The van der Waals surface area contributed by atoms with E-state index in [0.717, 1.165) is 38.2 Å². The average Bonchev–Trinajstić information content (AvgIpc) is 2.38. The smallest absolute Gasteiger partial charge is 0.132 e. The average molecular weight is 252 g/mol. The third-order valence-corrected chi connectivity index (χ3v) is 4.72. The fourth-order valence-electron chi connectivity index (χ4n) is 3.69. The lowest BCUT2D eigenvalue weighted by Crippen LogP contribution is -2.41. The molecule has 1 saturated carbocycles. The summed E-state index contributed by atoms with van der Waals surface area (Å²) in [5, 5.41) is 0. The van der Waals surface area contributed by atoms with Gasteiger partial charge >= 0.3 is 0 Å². The van der Waals surface area contributed by atoms with Gasteiger partial charge in [0, 0.05) is 19.4 Å². The first-order valence-corrected chi connectivity index (χ1v) is 7.90. The van der Waals surface area contributed by atoms with E-state index in [1.807, 2.05) is 0 Å². The van der Waals surface area contributed by atoms with Crippen LogP contribution in [0.5, 0.6) is 0 Å². The molecule has 0 amide bonds. The van der Waals surface area contributed by atoms with E-state index in [1.165, 1.54) is 44.9 Å². The van der Waals surface area contributed by atoms with Crippen LogP contribution in [0.2, 0.25) is 0 Å². The van der Waals surface area contributed by atoms with Crippen molar-refractivity contribution in [2.75, 3.05) is 6.61 Å². The molecule has 1 atom stereocenters. The summed E-state index contributed by atoms with van der Waals surface area (Å²) in [7, 11) is 0. The van der Waals surface area contributed by atoms with Crippen molar-refractivity contribution in [2.24, 2.45) is 5.92 Å². The first-order valence-electron chi connectivity index (χ1n) is 7.90. The Morgan fingerprint density at radius 3 is 2.72 bits per heavy atom. The summed E-state index contributed by atoms with van der Waals surface area (Å²) in [6.07, 6.45) is 12.6. The lowest BCUT2D eigenvalue weighted by Gasteiger charge is -2.43. The molecule has 2 fully saturated rings. The maximum Gasteiger partial charge on any atom is 0.132 e. The molecule has 2 aliphatic rings. The molecule has 104 valence electrons. The quantitative estimate of drug-likeness (QED) is 0.730. The van der Waals surface area contributed by atoms with Gasteiger partial charge in [0.15, 0.2) is 0 Å². The Labute approximate surface area is 111 Å². The fraction of sp³-hybridized carbons (Fsp3) is 0.938. The standard InChI is InChI=1S/C16H28O2/c1-2-6-15(17)8-7-14-9-12-18-16(13-14)10-4-3-5-11-16/h14H,2-13H2,1H3. The van der Waals surface area contributed by atoms with Gasteiger partial charge in [0.1, 0.15) is 5.78 Å². The zero-order valence-electron chi connectivity index (χ0n) is 11.9. The minimum absolute atomic E-state index is 0.203. The van der Waals surface area contributed by atoms with E-state index in [2.05, 4.69) is 6.92 Å². The van der Waals surface area contributed by atoms with Crippen LogP contribution in [0.15, 0.2) is 0 Å². The molecule has 2 heteroatoms. The zero-order valence-corrected chi connectivity index (χ0v) is 11.9. The van der Waals surface area contributed by atoms with E-state index in [0.29, 0.717) is 5.78 Å². The molecule has 18 heavy (non-hydrogen) atoms. The van der Waals surface area contributed by atoms with E-state index in [4.69, 9.17) is 4.74 Å². The number of ketones is 1. The normalized spacial score (nSPS) is 27.3. The van der Waals surface area contributed by atoms with Crippen molar-refractivity contribution in [1.82, 2.24) is 0 Å². The Bertz CT molecular complexity index is 261. The van der Waals surface area contributed by atoms with Crippen molar-refractivity contribution in [1.29, 1.82) is 0 Å². The molecule has 1 spiro atoms. The van der Waals surface area contributed by atoms with E-state index in [9.17, 15) is 4.79 Å². The van der Waals surface area contributed by atoms with Gasteiger partial charge in [0.2, 0.25) is 0 Å². The molecule has 0 aromatic rings. The lowest BCUT2D eigenvalue weighted by molar-refractivity contribution is -0.125. The molecule has 1 heterocycles. The van der Waals surface area contributed by atoms with Crippen molar-refractivity contribution < 1.29 is 9.53 Å². The van der Waals surface area contributed by atoms with Gasteiger partial charge in [-0.25, -0.2) is 0 Å². The second-order valence-corrected chi connectivity index (χ2v) is 6.28. The van der Waals surface area contributed by atoms with Crippen LogP contribution in [0.1, 0.15) is 77.6 Å². The van der Waals surface area contributed by atoms with Crippen molar-refractivity contribution in [3.8, 4) is 0 Å². The number of rotatable bonds is 5. The Kier molecular flexibility index (Phi) is 5.23. The van der Waals surface area contributed by atoms with Crippen molar-refractivity contribution in [3.63, 3.8) is 0 Å². The highest BCUT2D eigenvalue weighted by Gasteiger charge is 2.38. The van der Waals surface area contributed by atoms with Gasteiger partial charge in [-0.15, -0.1) is 0 Å². The van der Waals surface area contributed by atoms with Gasteiger partial charge < -0.3 is 4.74 Å². The predicted octanol–water partition coefficient (Wildman–Crippen LogP) is 4.27. The minimum Gasteiger partial charge on any atom is -0.375 e. The molecular weight excluding hydrogens is 224 g/mol. The van der Waals surface area contributed by atoms with Crippen LogP contribution in [-0.4, -0.2) is 18.0 Å². The highest BCUT2D eigenvalue weighted by molar-refractivity contribution is 5.78. The fourth-order valence-corrected chi connectivity index (χ4v) is 3.69. The minimum atomic E-state index is 0.203. The largest absolute Gasteiger partial charge is 0.375 e.